The first kappa shape index (κ1) is 24.8. The van der Waals surface area contributed by atoms with Gasteiger partial charge in [-0.05, 0) is 49.2 Å². The largest absolute Gasteiger partial charge is 0.437 e. The summed E-state index contributed by atoms with van der Waals surface area (Å²) in [6, 6.07) is 0. The predicted molar refractivity (Wildman–Crippen MR) is 112 cm³/mol. The fraction of sp³-hybridized carbons (Fsp3) is 0.773. The minimum Gasteiger partial charge on any atom is -0.437 e. The molecule has 0 aromatic heterocycles. The second kappa shape index (κ2) is 13.0. The quantitative estimate of drug-likeness (QED) is 0.223. The third kappa shape index (κ3) is 12.2. The van der Waals surface area contributed by atoms with Crippen LogP contribution in [0.25, 0.3) is 0 Å². The molecule has 0 aromatic rings. The maximum atomic E-state index is 11.2. The van der Waals surface area contributed by atoms with Crippen LogP contribution in [0.2, 0.25) is 18.1 Å². The third-order valence-electron chi connectivity index (χ3n) is 4.62. The Kier molecular flexibility index (Phi) is 12.4. The Morgan fingerprint density at radius 1 is 1.00 bits per heavy atom. The van der Waals surface area contributed by atoms with E-state index in [1.807, 2.05) is 0 Å². The molecule has 0 saturated heterocycles. The first-order valence-corrected chi connectivity index (χ1v) is 12.8. The van der Waals surface area contributed by atoms with Crippen molar-refractivity contribution in [3.05, 3.63) is 0 Å². The van der Waals surface area contributed by atoms with Crippen LogP contribution in [0.1, 0.15) is 79.6 Å². The Balaban J connectivity index is 4.24. The number of carbonyl (C=O) groups is 1. The van der Waals surface area contributed by atoms with Crippen LogP contribution in [0.3, 0.4) is 0 Å². The van der Waals surface area contributed by atoms with E-state index in [0.717, 1.165) is 38.7 Å². The summed E-state index contributed by atoms with van der Waals surface area (Å²) in [6.07, 6.45) is 6.42. The zero-order valence-electron chi connectivity index (χ0n) is 18.0. The van der Waals surface area contributed by atoms with Gasteiger partial charge in [-0.25, -0.2) is 0 Å². The van der Waals surface area contributed by atoms with Gasteiger partial charge in [-0.1, -0.05) is 52.4 Å². The van der Waals surface area contributed by atoms with E-state index in [1.165, 1.54) is 19.8 Å². The molecule has 148 valence electrons. The van der Waals surface area contributed by atoms with Crippen molar-refractivity contribution in [3.8, 4) is 23.7 Å². The Morgan fingerprint density at radius 2 is 1.54 bits per heavy atom. The minimum absolute atomic E-state index is 0.250. The lowest BCUT2D eigenvalue weighted by Gasteiger charge is -2.36. The van der Waals surface area contributed by atoms with E-state index < -0.39 is 14.4 Å². The van der Waals surface area contributed by atoms with E-state index in [2.05, 4.69) is 64.5 Å². The van der Waals surface area contributed by atoms with Crippen molar-refractivity contribution in [2.45, 2.75) is 104 Å². The van der Waals surface area contributed by atoms with E-state index >= 15 is 0 Å². The van der Waals surface area contributed by atoms with E-state index in [9.17, 15) is 4.79 Å². The monoisotopic (exact) mass is 378 g/mol. The van der Waals surface area contributed by atoms with Gasteiger partial charge in [0.05, 0.1) is 0 Å². The smallest absolute Gasteiger partial charge is 0.304 e. The van der Waals surface area contributed by atoms with Gasteiger partial charge in [0.15, 0.2) is 8.32 Å². The number of carbonyl (C=O) groups excluding carboxylic acids is 1. The average Bonchev–Trinajstić information content (AvgIpc) is 2.51. The van der Waals surface area contributed by atoms with Crippen LogP contribution in [-0.4, -0.2) is 27.0 Å². The molecule has 0 spiro atoms. The van der Waals surface area contributed by atoms with E-state index in [1.54, 1.807) is 0 Å². The highest BCUT2D eigenvalue weighted by atomic mass is 28.4. The van der Waals surface area contributed by atoms with Gasteiger partial charge in [-0.15, -0.1) is 0 Å². The molecule has 26 heavy (non-hydrogen) atoms. The molecule has 0 bridgehead atoms. The number of rotatable bonds is 9. The lowest BCUT2D eigenvalue weighted by Crippen LogP contribution is -2.40. The lowest BCUT2D eigenvalue weighted by molar-refractivity contribution is -0.141. The van der Waals surface area contributed by atoms with Crippen molar-refractivity contribution in [1.82, 2.24) is 0 Å². The zero-order chi connectivity index (χ0) is 20.1. The highest BCUT2D eigenvalue weighted by Crippen LogP contribution is 2.36. The first-order chi connectivity index (χ1) is 12.1. The molecule has 0 fully saturated rings. The molecule has 0 aliphatic heterocycles. The van der Waals surface area contributed by atoms with Crippen LogP contribution >= 0.6 is 0 Å². The number of unbranched alkanes of at least 4 members (excludes halogenated alkanes) is 5. The van der Waals surface area contributed by atoms with Crippen LogP contribution < -0.4 is 0 Å². The molecule has 4 heteroatoms. The van der Waals surface area contributed by atoms with Crippen molar-refractivity contribution in [2.75, 3.05) is 6.61 Å². The van der Waals surface area contributed by atoms with Gasteiger partial charge in [0.2, 0.25) is 6.10 Å². The number of hydrogen-bond acceptors (Lipinski definition) is 3. The van der Waals surface area contributed by atoms with E-state index in [4.69, 9.17) is 9.16 Å². The highest BCUT2D eigenvalue weighted by Gasteiger charge is 2.36. The summed E-state index contributed by atoms with van der Waals surface area (Å²) in [4.78, 5) is 11.2. The van der Waals surface area contributed by atoms with Gasteiger partial charge in [0, 0.05) is 26.4 Å². The van der Waals surface area contributed by atoms with Crippen LogP contribution in [0.5, 0.6) is 0 Å². The summed E-state index contributed by atoms with van der Waals surface area (Å²) in [7, 11) is -1.65. The molecule has 0 radical (unpaired) electrons. The van der Waals surface area contributed by atoms with E-state index in [0.29, 0.717) is 0 Å². The average molecular weight is 379 g/mol. The van der Waals surface area contributed by atoms with Crippen LogP contribution in [0, 0.1) is 23.7 Å². The Bertz CT molecular complexity index is 524. The maximum Gasteiger partial charge on any atom is 0.304 e. The molecule has 0 rings (SSSR count). The summed E-state index contributed by atoms with van der Waals surface area (Å²) >= 11 is 0. The molecule has 0 amide bonds. The molecule has 0 aliphatic carbocycles. The summed E-state index contributed by atoms with van der Waals surface area (Å²) in [5.41, 5.74) is 0. The van der Waals surface area contributed by atoms with Crippen LogP contribution in [0.4, 0.5) is 0 Å². The normalized spacial score (nSPS) is 12.4. The Morgan fingerprint density at radius 3 is 2.00 bits per heavy atom. The second-order valence-corrected chi connectivity index (χ2v) is 13.0. The number of hydrogen-bond donors (Lipinski definition) is 0. The molecule has 0 N–H and O–H groups in total. The third-order valence-corrected chi connectivity index (χ3v) is 9.16. The molecule has 0 saturated carbocycles. The fourth-order valence-corrected chi connectivity index (χ4v) is 3.00. The van der Waals surface area contributed by atoms with Gasteiger partial charge in [0.25, 0.3) is 0 Å². The standard InChI is InChI=1S/C22H38O3Si/c1-8-9-10-11-14-17-21(25-20(2)23)18-15-12-13-16-19-24-26(6,7)22(3,4)5/h21H,8-13,16,19H2,1-7H3/t21-/m0/s1. The molecule has 3 nitrogen and oxygen atoms in total. The van der Waals surface area contributed by atoms with Crippen molar-refractivity contribution in [3.63, 3.8) is 0 Å². The van der Waals surface area contributed by atoms with Gasteiger partial charge >= 0.3 is 5.97 Å². The summed E-state index contributed by atoms with van der Waals surface area (Å²) in [6.45, 7) is 15.7. The summed E-state index contributed by atoms with van der Waals surface area (Å²) in [5.74, 6) is 11.8. The van der Waals surface area contributed by atoms with Crippen molar-refractivity contribution in [2.24, 2.45) is 0 Å². The number of ether oxygens (including phenoxy) is 1. The van der Waals surface area contributed by atoms with Gasteiger partial charge in [-0.2, -0.15) is 0 Å². The highest BCUT2D eigenvalue weighted by molar-refractivity contribution is 6.74. The summed E-state index contributed by atoms with van der Waals surface area (Å²) in [5, 5.41) is 0.250. The Hall–Kier alpha value is -1.23. The fourth-order valence-electron chi connectivity index (χ4n) is 1.91. The van der Waals surface area contributed by atoms with Crippen molar-refractivity contribution >= 4 is 14.3 Å². The van der Waals surface area contributed by atoms with Gasteiger partial charge < -0.3 is 9.16 Å². The minimum atomic E-state index is -1.65. The van der Waals surface area contributed by atoms with Crippen LogP contribution in [-0.2, 0) is 14.0 Å². The van der Waals surface area contributed by atoms with Crippen molar-refractivity contribution in [1.29, 1.82) is 0 Å². The molecule has 0 aliphatic rings. The van der Waals surface area contributed by atoms with Gasteiger partial charge in [0.1, 0.15) is 0 Å². The Labute approximate surface area is 162 Å². The van der Waals surface area contributed by atoms with Crippen LogP contribution in [0.15, 0.2) is 0 Å². The van der Waals surface area contributed by atoms with E-state index in [-0.39, 0.29) is 11.0 Å². The first-order valence-electron chi connectivity index (χ1n) is 9.88. The van der Waals surface area contributed by atoms with Crippen molar-refractivity contribution < 1.29 is 14.0 Å². The zero-order valence-corrected chi connectivity index (χ0v) is 19.0. The molecule has 0 unspecified atom stereocenters. The summed E-state index contributed by atoms with van der Waals surface area (Å²) < 4.78 is 11.3. The predicted octanol–water partition coefficient (Wildman–Crippen LogP) is 5.70. The molecule has 0 heterocycles. The van der Waals surface area contributed by atoms with Gasteiger partial charge in [-0.3, -0.25) is 4.79 Å². The molecular weight excluding hydrogens is 340 g/mol. The SMILES string of the molecule is CCCCCC#C[C@@H](C#CCCCCO[Si](C)(C)C(C)(C)C)OC(C)=O. The number of esters is 1. The molecule has 0 aromatic carbocycles. The molecule has 1 atom stereocenters. The topological polar surface area (TPSA) is 35.5 Å². The molecular formula is C22H38O3Si. The maximum absolute atomic E-state index is 11.2. The lowest BCUT2D eigenvalue weighted by atomic mass is 10.2. The second-order valence-electron chi connectivity index (χ2n) is 8.15.